The van der Waals surface area contributed by atoms with Crippen molar-refractivity contribution < 1.29 is 23.5 Å². The normalized spacial score (nSPS) is 28.0. The standard InChI is InChI=1S/C33H26FN3O5S2/c34-16-10-12-18(13-11-16)37-31(39)26-20-14-21(27(26)32(37)40)28-25(20)24(29-30(43-28)36-33(41)44-29)19-8-4-5-9-22(19)42-15-23(38)35-17-6-2-1-3-7-17/h1-13,20-21,24-28H,14-15H2,(H,35,38)(H,36,41)/t20?,21?,24-,25?,26?,27?,28?/m1/s1. The van der Waals surface area contributed by atoms with Crippen LogP contribution in [0.2, 0.25) is 0 Å². The van der Waals surface area contributed by atoms with E-state index < -0.39 is 17.7 Å². The Labute approximate surface area is 259 Å². The number of thioether (sulfide) groups is 1. The number of nitrogens with one attached hydrogen (secondary N) is 2. The van der Waals surface area contributed by atoms with Crippen LogP contribution in [0.5, 0.6) is 5.75 Å². The van der Waals surface area contributed by atoms with E-state index in [1.807, 2.05) is 42.5 Å². The molecule has 7 atom stereocenters. The Balaban J connectivity index is 1.13. The van der Waals surface area contributed by atoms with Crippen molar-refractivity contribution in [2.75, 3.05) is 16.8 Å². The summed E-state index contributed by atoms with van der Waals surface area (Å²) in [5, 5.41) is 3.63. The largest absolute Gasteiger partial charge is 0.483 e. The molecule has 8 rings (SSSR count). The molecule has 3 aromatic carbocycles. The number of anilines is 2. The van der Waals surface area contributed by atoms with E-state index in [9.17, 15) is 23.6 Å². The predicted octanol–water partition coefficient (Wildman–Crippen LogP) is 5.27. The maximum absolute atomic E-state index is 13.9. The number of carbonyl (C=O) groups is 3. The van der Waals surface area contributed by atoms with Crippen molar-refractivity contribution in [3.63, 3.8) is 0 Å². The van der Waals surface area contributed by atoms with Crippen LogP contribution in [0.1, 0.15) is 22.8 Å². The summed E-state index contributed by atoms with van der Waals surface area (Å²) in [6, 6.07) is 22.2. The Morgan fingerprint density at radius 1 is 0.932 bits per heavy atom. The van der Waals surface area contributed by atoms with Gasteiger partial charge in [0.15, 0.2) is 6.61 Å². The predicted molar refractivity (Wildman–Crippen MR) is 164 cm³/mol. The second-order valence-electron chi connectivity index (χ2n) is 11.7. The highest BCUT2D eigenvalue weighted by atomic mass is 32.2. The SMILES string of the molecule is O=C(COc1ccccc1[C@H]1c2sc(=O)[nH]c2SC2C3CC(C4C(=O)N(c5ccc(F)cc5)C(=O)C34)C21)Nc1ccccc1. The van der Waals surface area contributed by atoms with Gasteiger partial charge in [-0.3, -0.25) is 24.1 Å². The van der Waals surface area contributed by atoms with Gasteiger partial charge >= 0.3 is 4.87 Å². The Hall–Kier alpha value is -4.22. The molecule has 2 bridgehead atoms. The van der Waals surface area contributed by atoms with Crippen molar-refractivity contribution in [1.29, 1.82) is 0 Å². The number of thiazole rings is 1. The number of rotatable bonds is 6. The summed E-state index contributed by atoms with van der Waals surface area (Å²) in [7, 11) is 0. The number of para-hydroxylation sites is 2. The van der Waals surface area contributed by atoms with Crippen molar-refractivity contribution in [3.8, 4) is 5.75 Å². The highest BCUT2D eigenvalue weighted by Crippen LogP contribution is 2.69. The molecule has 2 N–H and O–H groups in total. The Morgan fingerprint density at radius 2 is 1.64 bits per heavy atom. The molecule has 8 nitrogen and oxygen atoms in total. The molecule has 0 spiro atoms. The highest BCUT2D eigenvalue weighted by Gasteiger charge is 2.69. The number of aromatic amines is 1. The smallest absolute Gasteiger partial charge is 0.305 e. The van der Waals surface area contributed by atoms with Gasteiger partial charge in [0.2, 0.25) is 11.8 Å². The number of imide groups is 1. The van der Waals surface area contributed by atoms with Crippen LogP contribution >= 0.6 is 23.1 Å². The van der Waals surface area contributed by atoms with Gasteiger partial charge in [-0.05, 0) is 66.6 Å². The average Bonchev–Trinajstić information content (AvgIpc) is 3.76. The average molecular weight is 628 g/mol. The molecule has 2 aliphatic carbocycles. The number of hydrogen-bond acceptors (Lipinski definition) is 7. The van der Waals surface area contributed by atoms with Crippen molar-refractivity contribution in [1.82, 2.24) is 4.98 Å². The zero-order valence-corrected chi connectivity index (χ0v) is 24.8. The Kier molecular flexibility index (Phi) is 6.49. The maximum Gasteiger partial charge on any atom is 0.305 e. The van der Waals surface area contributed by atoms with Crippen LogP contribution in [0.25, 0.3) is 0 Å². The second kappa shape index (κ2) is 10.4. The zero-order chi connectivity index (χ0) is 30.1. The Bertz CT molecular complexity index is 1860. The molecule has 1 aromatic heterocycles. The first-order valence-corrected chi connectivity index (χ1v) is 16.2. The number of ether oxygens (including phenoxy) is 1. The van der Waals surface area contributed by atoms with Gasteiger partial charge in [-0.1, -0.05) is 47.7 Å². The minimum absolute atomic E-state index is 0.00310. The van der Waals surface area contributed by atoms with E-state index in [4.69, 9.17) is 4.74 Å². The monoisotopic (exact) mass is 627 g/mol. The molecule has 3 fully saturated rings. The van der Waals surface area contributed by atoms with Gasteiger partial charge in [-0.15, -0.1) is 11.8 Å². The molecule has 4 aromatic rings. The second-order valence-corrected chi connectivity index (χ2v) is 13.9. The third-order valence-electron chi connectivity index (χ3n) is 9.48. The van der Waals surface area contributed by atoms with Gasteiger partial charge in [-0.25, -0.2) is 4.39 Å². The van der Waals surface area contributed by atoms with E-state index in [-0.39, 0.29) is 58.1 Å². The molecular formula is C33H26FN3O5S2. The molecule has 3 heterocycles. The molecule has 4 aliphatic rings. The maximum atomic E-state index is 13.9. The molecule has 11 heteroatoms. The van der Waals surface area contributed by atoms with E-state index in [1.54, 1.807) is 23.9 Å². The van der Waals surface area contributed by atoms with Gasteiger partial charge in [0.05, 0.1) is 22.5 Å². The molecule has 0 radical (unpaired) electrons. The number of amides is 3. The fraction of sp³-hybridized carbons (Fsp3) is 0.273. The molecule has 44 heavy (non-hydrogen) atoms. The number of hydrogen-bond donors (Lipinski definition) is 2. The molecular weight excluding hydrogens is 602 g/mol. The third-order valence-corrected chi connectivity index (χ3v) is 12.1. The molecule has 222 valence electrons. The summed E-state index contributed by atoms with van der Waals surface area (Å²) in [5.74, 6) is -2.02. The van der Waals surface area contributed by atoms with Gasteiger partial charge in [0, 0.05) is 27.3 Å². The molecule has 2 saturated carbocycles. The van der Waals surface area contributed by atoms with Crippen LogP contribution in [0.15, 0.2) is 88.7 Å². The Morgan fingerprint density at radius 3 is 2.41 bits per heavy atom. The van der Waals surface area contributed by atoms with E-state index in [0.29, 0.717) is 17.1 Å². The van der Waals surface area contributed by atoms with Crippen LogP contribution in [-0.2, 0) is 14.4 Å². The number of halogens is 1. The van der Waals surface area contributed by atoms with Crippen molar-refractivity contribution in [2.45, 2.75) is 22.6 Å². The number of H-pyrrole nitrogens is 1. The lowest BCUT2D eigenvalue weighted by molar-refractivity contribution is -0.123. The first-order valence-electron chi connectivity index (χ1n) is 14.5. The third kappa shape index (κ3) is 4.24. The van der Waals surface area contributed by atoms with Crippen LogP contribution in [0.4, 0.5) is 15.8 Å². The fourth-order valence-corrected chi connectivity index (χ4v) is 10.8. The number of aromatic nitrogens is 1. The van der Waals surface area contributed by atoms with Gasteiger partial charge < -0.3 is 15.0 Å². The number of benzene rings is 3. The first kappa shape index (κ1) is 27.3. The lowest BCUT2D eigenvalue weighted by Crippen LogP contribution is -2.42. The zero-order valence-electron chi connectivity index (χ0n) is 23.1. The quantitative estimate of drug-likeness (QED) is 0.282. The van der Waals surface area contributed by atoms with E-state index in [0.717, 1.165) is 21.9 Å². The number of fused-ring (bicyclic) bond motifs is 9. The number of carbonyl (C=O) groups excluding carboxylic acids is 3. The van der Waals surface area contributed by atoms with E-state index >= 15 is 0 Å². The lowest BCUT2D eigenvalue weighted by atomic mass is 9.68. The van der Waals surface area contributed by atoms with Crippen LogP contribution in [-0.4, -0.2) is 34.6 Å². The lowest BCUT2D eigenvalue weighted by Gasteiger charge is -2.43. The van der Waals surface area contributed by atoms with Gasteiger partial charge in [-0.2, -0.15) is 0 Å². The van der Waals surface area contributed by atoms with Crippen molar-refractivity contribution in [2.24, 2.45) is 29.6 Å². The van der Waals surface area contributed by atoms with E-state index in [1.165, 1.54) is 40.5 Å². The van der Waals surface area contributed by atoms with Crippen molar-refractivity contribution in [3.05, 3.63) is 105 Å². The van der Waals surface area contributed by atoms with Crippen molar-refractivity contribution >= 4 is 52.2 Å². The summed E-state index contributed by atoms with van der Waals surface area (Å²) in [5.41, 5.74) is 1.91. The topological polar surface area (TPSA) is 109 Å². The number of nitrogens with zero attached hydrogens (tertiary/aromatic N) is 1. The first-order chi connectivity index (χ1) is 21.4. The fourth-order valence-electron chi connectivity index (χ4n) is 7.94. The molecule has 1 saturated heterocycles. The minimum Gasteiger partial charge on any atom is -0.483 e. The minimum atomic E-state index is -0.483. The highest BCUT2D eigenvalue weighted by molar-refractivity contribution is 8.00. The summed E-state index contributed by atoms with van der Waals surface area (Å²) in [6.45, 7) is -0.200. The van der Waals surface area contributed by atoms with Crippen LogP contribution in [0.3, 0.4) is 0 Å². The van der Waals surface area contributed by atoms with E-state index in [2.05, 4.69) is 10.3 Å². The molecule has 3 amide bonds. The molecule has 2 aliphatic heterocycles. The van der Waals surface area contributed by atoms with Gasteiger partial charge in [0.1, 0.15) is 11.6 Å². The van der Waals surface area contributed by atoms with Crippen LogP contribution in [0, 0.1) is 35.4 Å². The molecule has 6 unspecified atom stereocenters. The summed E-state index contributed by atoms with van der Waals surface area (Å²) >= 11 is 2.77. The summed E-state index contributed by atoms with van der Waals surface area (Å²) in [6.07, 6.45) is 0.741. The summed E-state index contributed by atoms with van der Waals surface area (Å²) in [4.78, 5) is 58.1. The summed E-state index contributed by atoms with van der Waals surface area (Å²) < 4.78 is 19.8. The van der Waals surface area contributed by atoms with Crippen LogP contribution < -0.4 is 19.8 Å². The van der Waals surface area contributed by atoms with Gasteiger partial charge in [0.25, 0.3) is 5.91 Å².